The highest BCUT2D eigenvalue weighted by molar-refractivity contribution is 14.1. The molecule has 9 heteroatoms. The van der Waals surface area contributed by atoms with Crippen LogP contribution in [0.5, 0.6) is 11.5 Å². The summed E-state index contributed by atoms with van der Waals surface area (Å²) in [4.78, 5) is 38.3. The summed E-state index contributed by atoms with van der Waals surface area (Å²) in [5, 5.41) is -0.309. The van der Waals surface area contributed by atoms with Crippen LogP contribution in [-0.2, 0) is 20.9 Å². The molecule has 0 aromatic heterocycles. The predicted molar refractivity (Wildman–Crippen MR) is 126 cm³/mol. The fraction of sp³-hybridized carbons (Fsp3) is 0.227. The van der Waals surface area contributed by atoms with Crippen LogP contribution in [-0.4, -0.2) is 42.3 Å². The van der Waals surface area contributed by atoms with Crippen molar-refractivity contribution < 1.29 is 28.6 Å². The number of hydrogen-bond donors (Lipinski definition) is 0. The fourth-order valence-electron chi connectivity index (χ4n) is 2.85. The van der Waals surface area contributed by atoms with E-state index in [-0.39, 0.29) is 30.9 Å². The zero-order valence-electron chi connectivity index (χ0n) is 16.9. The van der Waals surface area contributed by atoms with Crippen molar-refractivity contribution in [3.63, 3.8) is 0 Å². The van der Waals surface area contributed by atoms with Gasteiger partial charge in [-0.2, -0.15) is 0 Å². The van der Waals surface area contributed by atoms with E-state index >= 15 is 0 Å². The molecule has 1 aliphatic heterocycles. The number of benzene rings is 2. The first-order valence-electron chi connectivity index (χ1n) is 9.38. The van der Waals surface area contributed by atoms with E-state index in [4.69, 9.17) is 14.2 Å². The summed E-state index contributed by atoms with van der Waals surface area (Å²) >= 11 is 2.96. The number of amides is 2. The number of halogens is 1. The molecular formula is C22H20INO6S. The molecule has 1 fully saturated rings. The number of ether oxygens (including phenoxy) is 3. The SMILES string of the molecule is CCOC(=O)COc1c(I)cc(/C=C2/SC(=O)N(Cc3ccccc3)C2=O)cc1OC. The lowest BCUT2D eigenvalue weighted by atomic mass is 10.1. The van der Waals surface area contributed by atoms with Crippen LogP contribution < -0.4 is 9.47 Å². The van der Waals surface area contributed by atoms with E-state index in [1.165, 1.54) is 12.0 Å². The molecule has 2 aromatic rings. The highest BCUT2D eigenvalue weighted by Gasteiger charge is 2.35. The zero-order valence-corrected chi connectivity index (χ0v) is 19.9. The minimum absolute atomic E-state index is 0.227. The number of imide groups is 1. The number of rotatable bonds is 8. The quantitative estimate of drug-likeness (QED) is 0.271. The van der Waals surface area contributed by atoms with Crippen LogP contribution in [0.15, 0.2) is 47.4 Å². The number of hydrogen-bond acceptors (Lipinski definition) is 7. The van der Waals surface area contributed by atoms with E-state index in [2.05, 4.69) is 22.6 Å². The van der Waals surface area contributed by atoms with Crippen LogP contribution in [0.3, 0.4) is 0 Å². The van der Waals surface area contributed by atoms with Gasteiger partial charge < -0.3 is 14.2 Å². The lowest BCUT2D eigenvalue weighted by Crippen LogP contribution is -2.27. The second kappa shape index (κ2) is 10.7. The van der Waals surface area contributed by atoms with Crippen molar-refractivity contribution in [2.75, 3.05) is 20.3 Å². The van der Waals surface area contributed by atoms with E-state index in [1.54, 1.807) is 25.1 Å². The van der Waals surface area contributed by atoms with Gasteiger partial charge in [0.2, 0.25) is 0 Å². The molecule has 31 heavy (non-hydrogen) atoms. The van der Waals surface area contributed by atoms with Crippen LogP contribution in [0.25, 0.3) is 6.08 Å². The molecule has 2 aromatic carbocycles. The Labute approximate surface area is 197 Å². The van der Waals surface area contributed by atoms with Crippen LogP contribution in [0.4, 0.5) is 4.79 Å². The van der Waals surface area contributed by atoms with Crippen molar-refractivity contribution in [1.82, 2.24) is 4.90 Å². The molecule has 7 nitrogen and oxygen atoms in total. The standard InChI is InChI=1S/C22H20INO6S/c1-3-29-19(25)13-30-20-16(23)9-15(10-17(20)28-2)11-18-21(26)24(22(27)31-18)12-14-7-5-4-6-8-14/h4-11H,3,12-13H2,1-2H3/b18-11+. The highest BCUT2D eigenvalue weighted by Crippen LogP contribution is 2.37. The molecule has 0 aliphatic carbocycles. The summed E-state index contributed by atoms with van der Waals surface area (Å²) in [6.07, 6.45) is 1.65. The van der Waals surface area contributed by atoms with Gasteiger partial charge in [0, 0.05) is 0 Å². The predicted octanol–water partition coefficient (Wildman–Crippen LogP) is 4.48. The summed E-state index contributed by atoms with van der Waals surface area (Å²) < 4.78 is 16.5. The Kier molecular flexibility index (Phi) is 7.97. The van der Waals surface area contributed by atoms with Gasteiger partial charge in [0.05, 0.1) is 28.7 Å². The van der Waals surface area contributed by atoms with Crippen molar-refractivity contribution in [3.8, 4) is 11.5 Å². The number of nitrogens with zero attached hydrogens (tertiary/aromatic N) is 1. The van der Waals surface area contributed by atoms with Crippen molar-refractivity contribution in [3.05, 3.63) is 62.1 Å². The third kappa shape index (κ3) is 5.79. The fourth-order valence-corrected chi connectivity index (χ4v) is 4.47. The maximum Gasteiger partial charge on any atom is 0.344 e. The maximum atomic E-state index is 12.8. The Morgan fingerprint density at radius 1 is 1.19 bits per heavy atom. The first-order valence-corrected chi connectivity index (χ1v) is 11.3. The van der Waals surface area contributed by atoms with E-state index in [0.717, 1.165) is 17.3 Å². The van der Waals surface area contributed by atoms with Crippen LogP contribution >= 0.6 is 34.4 Å². The van der Waals surface area contributed by atoms with Gasteiger partial charge in [0.15, 0.2) is 18.1 Å². The van der Waals surface area contributed by atoms with Gasteiger partial charge in [-0.1, -0.05) is 30.3 Å². The smallest absolute Gasteiger partial charge is 0.344 e. The number of carbonyl (C=O) groups is 3. The van der Waals surface area contributed by atoms with Crippen LogP contribution in [0, 0.1) is 3.57 Å². The lowest BCUT2D eigenvalue weighted by molar-refractivity contribution is -0.145. The summed E-state index contributed by atoms with van der Waals surface area (Å²) in [5.41, 5.74) is 1.56. The second-order valence-corrected chi connectivity index (χ2v) is 8.54. The van der Waals surface area contributed by atoms with Gasteiger partial charge in [-0.15, -0.1) is 0 Å². The largest absolute Gasteiger partial charge is 0.493 e. The number of esters is 1. The van der Waals surface area contributed by atoms with E-state index in [9.17, 15) is 14.4 Å². The first-order chi connectivity index (χ1) is 14.9. The molecule has 1 heterocycles. The van der Waals surface area contributed by atoms with Crippen LogP contribution in [0.2, 0.25) is 0 Å². The Bertz CT molecular complexity index is 1020. The number of carbonyl (C=O) groups excluding carboxylic acids is 3. The molecule has 2 amide bonds. The Morgan fingerprint density at radius 3 is 2.61 bits per heavy atom. The number of thioether (sulfide) groups is 1. The highest BCUT2D eigenvalue weighted by atomic mass is 127. The van der Waals surface area contributed by atoms with Gasteiger partial charge in [-0.05, 0) is 70.6 Å². The van der Waals surface area contributed by atoms with Crippen molar-refractivity contribution in [1.29, 1.82) is 0 Å². The van der Waals surface area contributed by atoms with Crippen molar-refractivity contribution in [2.45, 2.75) is 13.5 Å². The molecule has 0 saturated carbocycles. The molecular weight excluding hydrogens is 533 g/mol. The minimum Gasteiger partial charge on any atom is -0.493 e. The Morgan fingerprint density at radius 2 is 1.94 bits per heavy atom. The molecule has 0 atom stereocenters. The average Bonchev–Trinajstić information content (AvgIpc) is 3.01. The van der Waals surface area contributed by atoms with E-state index in [1.807, 2.05) is 30.3 Å². The second-order valence-electron chi connectivity index (χ2n) is 6.38. The Balaban J connectivity index is 1.79. The molecule has 3 rings (SSSR count). The molecule has 1 aliphatic rings. The van der Waals surface area contributed by atoms with Gasteiger partial charge in [0.25, 0.3) is 11.1 Å². The maximum absolute atomic E-state index is 12.8. The average molecular weight is 553 g/mol. The molecule has 0 N–H and O–H groups in total. The van der Waals surface area contributed by atoms with Crippen LogP contribution in [0.1, 0.15) is 18.1 Å². The van der Waals surface area contributed by atoms with Crippen molar-refractivity contribution >= 4 is 57.5 Å². The van der Waals surface area contributed by atoms with Gasteiger partial charge >= 0.3 is 5.97 Å². The first kappa shape index (κ1) is 23.1. The van der Waals surface area contributed by atoms with Gasteiger partial charge in [-0.25, -0.2) is 4.79 Å². The van der Waals surface area contributed by atoms with Gasteiger partial charge in [0.1, 0.15) is 0 Å². The lowest BCUT2D eigenvalue weighted by Gasteiger charge is -2.13. The normalized spacial score (nSPS) is 14.8. The molecule has 0 bridgehead atoms. The third-order valence-corrected chi connectivity index (χ3v) is 5.96. The Hall–Kier alpha value is -2.53. The molecule has 0 spiro atoms. The summed E-state index contributed by atoms with van der Waals surface area (Å²) in [6, 6.07) is 12.8. The summed E-state index contributed by atoms with van der Waals surface area (Å²) in [6.45, 7) is 1.98. The molecule has 162 valence electrons. The summed E-state index contributed by atoms with van der Waals surface area (Å²) in [7, 11) is 1.49. The van der Waals surface area contributed by atoms with E-state index < -0.39 is 5.97 Å². The van der Waals surface area contributed by atoms with Crippen molar-refractivity contribution in [2.24, 2.45) is 0 Å². The molecule has 0 radical (unpaired) electrons. The summed E-state index contributed by atoms with van der Waals surface area (Å²) in [5.74, 6) is 0.00318. The zero-order chi connectivity index (χ0) is 22.4. The minimum atomic E-state index is -0.475. The number of methoxy groups -OCH3 is 1. The third-order valence-electron chi connectivity index (χ3n) is 4.25. The van der Waals surface area contributed by atoms with Gasteiger partial charge in [-0.3, -0.25) is 14.5 Å². The molecule has 1 saturated heterocycles. The van der Waals surface area contributed by atoms with E-state index in [0.29, 0.717) is 25.5 Å². The topological polar surface area (TPSA) is 82.1 Å². The monoisotopic (exact) mass is 553 g/mol. The molecule has 0 unspecified atom stereocenters.